The van der Waals surface area contributed by atoms with Crippen molar-refractivity contribution in [1.82, 2.24) is 15.3 Å². The quantitative estimate of drug-likeness (QED) is 0.757. The lowest BCUT2D eigenvalue weighted by Crippen LogP contribution is -3.16. The molecule has 1 amide bonds. The summed E-state index contributed by atoms with van der Waals surface area (Å²) in [5.74, 6) is 1.25. The van der Waals surface area contributed by atoms with Crippen molar-refractivity contribution in [2.45, 2.75) is 33.2 Å². The average molecular weight is 383 g/mol. The molecule has 1 aliphatic heterocycles. The molecular weight excluding hydrogens is 350 g/mol. The van der Waals surface area contributed by atoms with Gasteiger partial charge in [-0.15, -0.1) is 0 Å². The van der Waals surface area contributed by atoms with Gasteiger partial charge in [0.1, 0.15) is 0 Å². The second-order valence-electron chi connectivity index (χ2n) is 7.85. The van der Waals surface area contributed by atoms with E-state index >= 15 is 0 Å². The normalized spacial score (nSPS) is 16.2. The number of rotatable bonds is 7. The molecule has 6 heteroatoms. The Morgan fingerprint density at radius 1 is 1.14 bits per heavy atom. The van der Waals surface area contributed by atoms with Gasteiger partial charge in [-0.25, -0.2) is 9.97 Å². The summed E-state index contributed by atoms with van der Waals surface area (Å²) in [6, 6.07) is 10.5. The van der Waals surface area contributed by atoms with Crippen LogP contribution in [0.4, 0.5) is 5.95 Å². The highest BCUT2D eigenvalue weighted by atomic mass is 16.2. The first-order chi connectivity index (χ1) is 13.6. The number of amides is 1. The molecule has 150 valence electrons. The third-order valence-corrected chi connectivity index (χ3v) is 5.45. The molecule has 6 nitrogen and oxygen atoms in total. The molecule has 1 aromatic heterocycles. The van der Waals surface area contributed by atoms with E-state index < -0.39 is 0 Å². The fourth-order valence-corrected chi connectivity index (χ4v) is 3.70. The number of benzene rings is 1. The lowest BCUT2D eigenvalue weighted by atomic mass is 9.95. The number of carbonyl (C=O) groups is 1. The van der Waals surface area contributed by atoms with Crippen molar-refractivity contribution < 1.29 is 9.69 Å². The van der Waals surface area contributed by atoms with Gasteiger partial charge in [0.25, 0.3) is 5.91 Å². The fourth-order valence-electron chi connectivity index (χ4n) is 3.70. The molecule has 0 spiro atoms. The Kier molecular flexibility index (Phi) is 6.98. The second kappa shape index (κ2) is 9.64. The Labute approximate surface area is 168 Å². The van der Waals surface area contributed by atoms with E-state index in [0.29, 0.717) is 12.5 Å². The predicted octanol–water partition coefficient (Wildman–Crippen LogP) is 1.26. The van der Waals surface area contributed by atoms with Gasteiger partial charge >= 0.3 is 0 Å². The summed E-state index contributed by atoms with van der Waals surface area (Å²) in [5, 5.41) is 3.26. The van der Waals surface area contributed by atoms with Gasteiger partial charge in [0.2, 0.25) is 5.95 Å². The van der Waals surface area contributed by atoms with Crippen LogP contribution in [0.1, 0.15) is 37.9 Å². The van der Waals surface area contributed by atoms with Crippen molar-refractivity contribution in [2.75, 3.05) is 37.6 Å². The Balaban J connectivity index is 1.52. The molecule has 0 saturated carbocycles. The molecule has 2 heterocycles. The Hall–Kier alpha value is -2.47. The fraction of sp³-hybridized carbons (Fsp3) is 0.500. The van der Waals surface area contributed by atoms with E-state index in [-0.39, 0.29) is 11.9 Å². The topological polar surface area (TPSA) is 62.6 Å². The lowest BCUT2D eigenvalue weighted by Gasteiger charge is -2.32. The first-order valence-electron chi connectivity index (χ1n) is 10.3. The van der Waals surface area contributed by atoms with Gasteiger partial charge in [-0.2, -0.15) is 0 Å². The number of aromatic nitrogens is 2. The molecule has 1 aliphatic rings. The number of aryl methyl sites for hydroxylation is 1. The number of nitrogens with zero attached hydrogens (tertiary/aromatic N) is 3. The highest BCUT2D eigenvalue weighted by Crippen LogP contribution is 2.22. The molecule has 0 bridgehead atoms. The summed E-state index contributed by atoms with van der Waals surface area (Å²) in [5.41, 5.74) is 2.50. The Bertz CT molecular complexity index is 739. The van der Waals surface area contributed by atoms with Crippen LogP contribution in [0.3, 0.4) is 0 Å². The van der Waals surface area contributed by atoms with E-state index in [1.54, 1.807) is 12.4 Å². The van der Waals surface area contributed by atoms with Crippen LogP contribution in [-0.2, 0) is 11.2 Å². The van der Waals surface area contributed by atoms with Gasteiger partial charge in [0.05, 0.1) is 32.2 Å². The molecule has 1 atom stereocenters. The van der Waals surface area contributed by atoms with Crippen molar-refractivity contribution in [3.8, 4) is 0 Å². The molecule has 28 heavy (non-hydrogen) atoms. The van der Waals surface area contributed by atoms with Crippen LogP contribution < -0.4 is 15.1 Å². The number of hydrogen-bond acceptors (Lipinski definition) is 4. The van der Waals surface area contributed by atoms with E-state index in [9.17, 15) is 4.79 Å². The maximum absolute atomic E-state index is 12.7. The van der Waals surface area contributed by atoms with Gasteiger partial charge < -0.3 is 15.1 Å². The van der Waals surface area contributed by atoms with Crippen LogP contribution in [0.5, 0.6) is 0 Å². The molecule has 0 aliphatic carbocycles. The molecule has 0 unspecified atom stereocenters. The van der Waals surface area contributed by atoms with Crippen molar-refractivity contribution in [2.24, 2.45) is 5.92 Å². The number of quaternary nitrogens is 1. The Morgan fingerprint density at radius 3 is 2.36 bits per heavy atom. The van der Waals surface area contributed by atoms with Gasteiger partial charge in [-0.1, -0.05) is 45.0 Å². The molecule has 3 rings (SSSR count). The lowest BCUT2D eigenvalue weighted by molar-refractivity contribution is -0.892. The molecule has 1 fully saturated rings. The summed E-state index contributed by atoms with van der Waals surface area (Å²) < 4.78 is 0. The zero-order valence-corrected chi connectivity index (χ0v) is 17.2. The van der Waals surface area contributed by atoms with Crippen LogP contribution in [0.25, 0.3) is 0 Å². The number of nitrogens with one attached hydrogen (secondary N) is 2. The van der Waals surface area contributed by atoms with Crippen LogP contribution in [0.2, 0.25) is 0 Å². The van der Waals surface area contributed by atoms with Crippen molar-refractivity contribution in [1.29, 1.82) is 0 Å². The molecule has 1 aromatic carbocycles. The maximum atomic E-state index is 12.7. The third kappa shape index (κ3) is 5.29. The standard InChI is InChI=1S/C22H31N5O/c1-4-18-6-8-19(9-7-18)21(17(2)3)25-20(28)16-26-12-14-27(15-13-26)22-23-10-5-11-24-22/h5-11,17,21H,4,12-16H2,1-3H3,(H,25,28)/p+1/t21-/m1/s1. The number of carbonyl (C=O) groups excluding carboxylic acids is 1. The van der Waals surface area contributed by atoms with E-state index in [1.807, 2.05) is 6.07 Å². The van der Waals surface area contributed by atoms with E-state index in [1.165, 1.54) is 16.0 Å². The van der Waals surface area contributed by atoms with Gasteiger partial charge in [0, 0.05) is 12.4 Å². The van der Waals surface area contributed by atoms with Crippen LogP contribution in [-0.4, -0.2) is 48.6 Å². The summed E-state index contributed by atoms with van der Waals surface area (Å²) in [7, 11) is 0. The van der Waals surface area contributed by atoms with E-state index in [2.05, 4.69) is 65.2 Å². The molecule has 2 N–H and O–H groups in total. The number of piperazine rings is 1. The first kappa shape index (κ1) is 20.3. The minimum absolute atomic E-state index is 0.0526. The molecule has 2 aromatic rings. The molecule has 1 saturated heterocycles. The molecule has 0 radical (unpaired) electrons. The summed E-state index contributed by atoms with van der Waals surface area (Å²) in [4.78, 5) is 24.8. The first-order valence-corrected chi connectivity index (χ1v) is 10.3. The van der Waals surface area contributed by atoms with Crippen LogP contribution in [0, 0.1) is 5.92 Å². The minimum atomic E-state index is 0.0526. The zero-order chi connectivity index (χ0) is 19.9. The summed E-state index contributed by atoms with van der Waals surface area (Å²) >= 11 is 0. The summed E-state index contributed by atoms with van der Waals surface area (Å²) in [6.07, 6.45) is 4.57. The molecular formula is C22H32N5O+. The van der Waals surface area contributed by atoms with Gasteiger partial charge in [-0.3, -0.25) is 4.79 Å². The minimum Gasteiger partial charge on any atom is -0.344 e. The highest BCUT2D eigenvalue weighted by Gasteiger charge is 2.25. The maximum Gasteiger partial charge on any atom is 0.275 e. The highest BCUT2D eigenvalue weighted by molar-refractivity contribution is 5.77. The number of anilines is 1. The zero-order valence-electron chi connectivity index (χ0n) is 17.2. The van der Waals surface area contributed by atoms with Gasteiger partial charge in [0.15, 0.2) is 6.54 Å². The Morgan fingerprint density at radius 2 is 1.79 bits per heavy atom. The third-order valence-electron chi connectivity index (χ3n) is 5.45. The SMILES string of the molecule is CCc1ccc([C@H](NC(=O)C[NH+]2CCN(c3ncccn3)CC2)C(C)C)cc1. The largest absolute Gasteiger partial charge is 0.344 e. The smallest absolute Gasteiger partial charge is 0.275 e. The van der Waals surface area contributed by atoms with Crippen molar-refractivity contribution in [3.05, 3.63) is 53.9 Å². The van der Waals surface area contributed by atoms with Crippen LogP contribution in [0.15, 0.2) is 42.7 Å². The van der Waals surface area contributed by atoms with Crippen molar-refractivity contribution >= 4 is 11.9 Å². The second-order valence-corrected chi connectivity index (χ2v) is 7.85. The number of hydrogen-bond donors (Lipinski definition) is 2. The van der Waals surface area contributed by atoms with Gasteiger partial charge in [-0.05, 0) is 29.5 Å². The summed E-state index contributed by atoms with van der Waals surface area (Å²) in [6.45, 7) is 10.6. The average Bonchev–Trinajstić information content (AvgIpc) is 2.73. The van der Waals surface area contributed by atoms with E-state index in [0.717, 1.165) is 38.5 Å². The monoisotopic (exact) mass is 382 g/mol. The predicted molar refractivity (Wildman–Crippen MR) is 111 cm³/mol. The van der Waals surface area contributed by atoms with E-state index in [4.69, 9.17) is 0 Å². The van der Waals surface area contributed by atoms with Crippen LogP contribution >= 0.6 is 0 Å². The van der Waals surface area contributed by atoms with Crippen molar-refractivity contribution in [3.63, 3.8) is 0 Å².